The lowest BCUT2D eigenvalue weighted by molar-refractivity contribution is 0.681. The van der Waals surface area contributed by atoms with Crippen molar-refractivity contribution in [1.82, 2.24) is 0 Å². The zero-order valence-electron chi connectivity index (χ0n) is 9.75. The molecule has 0 aliphatic heterocycles. The summed E-state index contributed by atoms with van der Waals surface area (Å²) in [6.07, 6.45) is 1.64. The smallest absolute Gasteiger partial charge is 0.0836 e. The van der Waals surface area contributed by atoms with Crippen LogP contribution in [0.1, 0.15) is 0 Å². The molecule has 2 rings (SSSR count). The molecule has 1 atom stereocenters. The van der Waals surface area contributed by atoms with Gasteiger partial charge in [0.25, 0.3) is 0 Å². The predicted octanol–water partition coefficient (Wildman–Crippen LogP) is 4.50. The van der Waals surface area contributed by atoms with Gasteiger partial charge in [-0.15, -0.1) is 0 Å². The Labute approximate surface area is 117 Å². The van der Waals surface area contributed by atoms with E-state index in [1.54, 1.807) is 18.4 Å². The molecule has 0 bridgehead atoms. The zero-order chi connectivity index (χ0) is 13.0. The van der Waals surface area contributed by atoms with Crippen LogP contribution in [-0.4, -0.2) is 10.5 Å². The van der Waals surface area contributed by atoms with Crippen LogP contribution in [0.2, 0.25) is 5.02 Å². The van der Waals surface area contributed by atoms with E-state index in [2.05, 4.69) is 3.77 Å². The maximum absolute atomic E-state index is 12.4. The molecule has 0 radical (unpaired) electrons. The number of hydrogen-bond donors (Lipinski definition) is 0. The van der Waals surface area contributed by atoms with Crippen LogP contribution in [0.5, 0.6) is 0 Å². The van der Waals surface area contributed by atoms with E-state index in [0.29, 0.717) is 5.02 Å². The summed E-state index contributed by atoms with van der Waals surface area (Å²) in [6, 6.07) is 16.6. The van der Waals surface area contributed by atoms with Crippen molar-refractivity contribution >= 4 is 33.3 Å². The van der Waals surface area contributed by atoms with Crippen LogP contribution in [0.4, 0.5) is 0 Å². The summed E-state index contributed by atoms with van der Waals surface area (Å²) in [5.74, 6) is 0. The third-order valence-electron chi connectivity index (χ3n) is 2.28. The van der Waals surface area contributed by atoms with Crippen molar-refractivity contribution in [2.24, 2.45) is 3.77 Å². The summed E-state index contributed by atoms with van der Waals surface area (Å²) >= 11 is 7.02. The Kier molecular flexibility index (Phi) is 4.32. The number of hydrogen-bond acceptors (Lipinski definition) is 3. The van der Waals surface area contributed by atoms with Crippen LogP contribution in [-0.2, 0) is 9.73 Å². The van der Waals surface area contributed by atoms with Crippen LogP contribution in [0.25, 0.3) is 0 Å². The highest BCUT2D eigenvalue weighted by Gasteiger charge is 2.05. The van der Waals surface area contributed by atoms with Gasteiger partial charge < -0.3 is 0 Å². The van der Waals surface area contributed by atoms with E-state index in [9.17, 15) is 4.21 Å². The maximum Gasteiger partial charge on any atom is 0.0836 e. The normalized spacial score (nSPS) is 13.9. The topological polar surface area (TPSA) is 29.4 Å². The van der Waals surface area contributed by atoms with Gasteiger partial charge in [-0.2, -0.15) is 3.77 Å². The van der Waals surface area contributed by atoms with Gasteiger partial charge in [0.1, 0.15) is 0 Å². The Hall–Kier alpha value is -0.970. The van der Waals surface area contributed by atoms with E-state index >= 15 is 0 Å². The molecule has 1 unspecified atom stereocenters. The minimum Gasteiger partial charge on any atom is -0.244 e. The van der Waals surface area contributed by atoms with Crippen molar-refractivity contribution in [2.45, 2.75) is 9.79 Å². The van der Waals surface area contributed by atoms with E-state index in [1.807, 2.05) is 42.5 Å². The molecule has 0 saturated heterocycles. The highest BCUT2D eigenvalue weighted by molar-refractivity contribution is 8.07. The molecule has 0 saturated carbocycles. The number of benzene rings is 2. The van der Waals surface area contributed by atoms with Crippen molar-refractivity contribution in [3.8, 4) is 0 Å². The third kappa shape index (κ3) is 3.51. The summed E-state index contributed by atoms with van der Waals surface area (Å²) in [6.45, 7) is 0. The van der Waals surface area contributed by atoms with Crippen molar-refractivity contribution < 1.29 is 4.21 Å². The van der Waals surface area contributed by atoms with Crippen LogP contribution >= 0.6 is 23.5 Å². The van der Waals surface area contributed by atoms with Crippen LogP contribution in [0.15, 0.2) is 68.2 Å². The Morgan fingerprint density at radius 2 is 1.67 bits per heavy atom. The highest BCUT2D eigenvalue weighted by atomic mass is 35.5. The summed E-state index contributed by atoms with van der Waals surface area (Å²) < 4.78 is 16.6. The molecule has 18 heavy (non-hydrogen) atoms. The molecule has 0 amide bonds. The average molecular weight is 298 g/mol. The minimum atomic E-state index is -2.36. The first-order valence-corrected chi connectivity index (χ1v) is 8.34. The monoisotopic (exact) mass is 297 g/mol. The van der Waals surface area contributed by atoms with Gasteiger partial charge in [0.2, 0.25) is 0 Å². The number of nitrogens with zero attached hydrogens (tertiary/aromatic N) is 1. The second-order valence-electron chi connectivity index (χ2n) is 3.74. The first-order valence-electron chi connectivity index (χ1n) is 5.27. The standard InChI is InChI=1S/C13H12ClNOS2/c1-18(16,13-5-3-2-4-6-13)15-17-12-9-7-11(14)8-10-12/h2-10H,1H3. The lowest BCUT2D eigenvalue weighted by Crippen LogP contribution is -1.95. The summed E-state index contributed by atoms with van der Waals surface area (Å²) in [7, 11) is -2.36. The molecular formula is C13H12ClNOS2. The van der Waals surface area contributed by atoms with E-state index in [1.165, 1.54) is 11.9 Å². The molecule has 0 aliphatic carbocycles. The molecule has 0 aliphatic rings. The first-order chi connectivity index (χ1) is 8.58. The third-order valence-corrected chi connectivity index (χ3v) is 5.60. The summed E-state index contributed by atoms with van der Waals surface area (Å²) in [5, 5.41) is 0.680. The molecule has 94 valence electrons. The van der Waals surface area contributed by atoms with E-state index in [4.69, 9.17) is 11.6 Å². The first kappa shape index (κ1) is 13.5. The van der Waals surface area contributed by atoms with Crippen molar-refractivity contribution in [2.75, 3.05) is 6.26 Å². The average Bonchev–Trinajstić information content (AvgIpc) is 2.39. The number of halogens is 1. The lowest BCUT2D eigenvalue weighted by atomic mass is 10.4. The van der Waals surface area contributed by atoms with Crippen molar-refractivity contribution in [3.63, 3.8) is 0 Å². The van der Waals surface area contributed by atoms with Crippen LogP contribution < -0.4 is 0 Å². The Bertz CT molecular complexity index is 632. The predicted molar refractivity (Wildman–Crippen MR) is 78.5 cm³/mol. The Balaban J connectivity index is 2.23. The van der Waals surface area contributed by atoms with Crippen LogP contribution in [0.3, 0.4) is 0 Å². The van der Waals surface area contributed by atoms with Gasteiger partial charge in [-0.3, -0.25) is 0 Å². The molecule has 0 aromatic heterocycles. The maximum atomic E-state index is 12.4. The Morgan fingerprint density at radius 1 is 1.06 bits per heavy atom. The molecule has 2 nitrogen and oxygen atoms in total. The van der Waals surface area contributed by atoms with Gasteiger partial charge >= 0.3 is 0 Å². The molecule has 0 heterocycles. The van der Waals surface area contributed by atoms with Gasteiger partial charge in [0.05, 0.1) is 9.73 Å². The van der Waals surface area contributed by atoms with Crippen molar-refractivity contribution in [1.29, 1.82) is 0 Å². The molecule has 2 aromatic rings. The molecule has 5 heteroatoms. The molecule has 2 aromatic carbocycles. The summed E-state index contributed by atoms with van der Waals surface area (Å²) in [5.41, 5.74) is 0. The van der Waals surface area contributed by atoms with Gasteiger partial charge in [-0.1, -0.05) is 29.8 Å². The Morgan fingerprint density at radius 3 is 2.28 bits per heavy atom. The molecule has 0 spiro atoms. The van der Waals surface area contributed by atoms with E-state index in [0.717, 1.165) is 9.79 Å². The fourth-order valence-electron chi connectivity index (χ4n) is 1.33. The molecular weight excluding hydrogens is 286 g/mol. The quantitative estimate of drug-likeness (QED) is 0.780. The van der Waals surface area contributed by atoms with Gasteiger partial charge in [0, 0.05) is 33.0 Å². The zero-order valence-corrected chi connectivity index (χ0v) is 12.1. The summed E-state index contributed by atoms with van der Waals surface area (Å²) in [4.78, 5) is 1.66. The second kappa shape index (κ2) is 5.78. The largest absolute Gasteiger partial charge is 0.244 e. The van der Waals surface area contributed by atoms with Crippen LogP contribution in [0, 0.1) is 0 Å². The van der Waals surface area contributed by atoms with Gasteiger partial charge in [0.15, 0.2) is 0 Å². The van der Waals surface area contributed by atoms with E-state index < -0.39 is 9.73 Å². The fourth-order valence-corrected chi connectivity index (χ4v) is 3.63. The second-order valence-corrected chi connectivity index (χ2v) is 7.50. The van der Waals surface area contributed by atoms with Crippen molar-refractivity contribution in [3.05, 3.63) is 59.6 Å². The SMILES string of the molecule is CS(=O)(=NSc1ccc(Cl)cc1)c1ccccc1. The van der Waals surface area contributed by atoms with Gasteiger partial charge in [-0.05, 0) is 36.4 Å². The molecule has 0 N–H and O–H groups in total. The van der Waals surface area contributed by atoms with E-state index in [-0.39, 0.29) is 0 Å². The minimum absolute atomic E-state index is 0.680. The van der Waals surface area contributed by atoms with Gasteiger partial charge in [-0.25, -0.2) is 4.21 Å². The number of rotatable bonds is 3. The molecule has 0 fully saturated rings. The fraction of sp³-hybridized carbons (Fsp3) is 0.0769. The lowest BCUT2D eigenvalue weighted by Gasteiger charge is -2.03. The highest BCUT2D eigenvalue weighted by Crippen LogP contribution is 2.24.